The number of nitrogens with one attached hydrogen (secondary N) is 1. The molecule has 1 aromatic carbocycles. The quantitative estimate of drug-likeness (QED) is 0.182. The van der Waals surface area contributed by atoms with Gasteiger partial charge in [0.2, 0.25) is 5.91 Å². The first kappa shape index (κ1) is 21.7. The van der Waals surface area contributed by atoms with Crippen molar-refractivity contribution in [1.82, 2.24) is 14.5 Å². The molecule has 0 saturated carbocycles. The molecule has 4 aromatic rings. The number of nitro groups is 1. The number of thiophene rings is 1. The predicted octanol–water partition coefficient (Wildman–Crippen LogP) is 4.25. The van der Waals surface area contributed by atoms with Crippen molar-refractivity contribution in [1.29, 1.82) is 0 Å². The Morgan fingerprint density at radius 3 is 3.00 bits per heavy atom. The Morgan fingerprint density at radius 2 is 2.18 bits per heavy atom. The molecule has 0 saturated heterocycles. The average molecular weight is 500 g/mol. The fourth-order valence-corrected chi connectivity index (χ4v) is 6.57. The van der Waals surface area contributed by atoms with E-state index >= 15 is 0 Å². The fraction of sp³-hybridized carbons (Fsp3) is 0.238. The third-order valence-electron chi connectivity index (χ3n) is 5.34. The van der Waals surface area contributed by atoms with Crippen LogP contribution >= 0.6 is 34.4 Å². The molecule has 0 aliphatic heterocycles. The minimum atomic E-state index is -0.460. The van der Waals surface area contributed by atoms with E-state index in [9.17, 15) is 19.7 Å². The Kier molecular flexibility index (Phi) is 5.72. The van der Waals surface area contributed by atoms with Crippen LogP contribution in [-0.4, -0.2) is 31.1 Å². The standard InChI is InChI=1S/C21H17N5O4S3/c1-25-19(28)17-13-6-3-7-15(13)33-18(17)24-21(25)32-10-16(27)23-20-22-14(9-31-20)11-4-2-5-12(8-11)26(29)30/h2,4-5,8-9H,3,6-7,10H2,1H3,(H,22,23,27). The number of aryl methyl sites for hydroxylation is 2. The van der Waals surface area contributed by atoms with Gasteiger partial charge in [-0.05, 0) is 24.8 Å². The van der Waals surface area contributed by atoms with Gasteiger partial charge >= 0.3 is 0 Å². The van der Waals surface area contributed by atoms with Gasteiger partial charge in [-0.1, -0.05) is 23.9 Å². The summed E-state index contributed by atoms with van der Waals surface area (Å²) in [6, 6.07) is 6.18. The molecule has 0 atom stereocenters. The molecule has 0 spiro atoms. The maximum Gasteiger partial charge on any atom is 0.270 e. The molecule has 0 radical (unpaired) electrons. The molecule has 12 heteroatoms. The smallest absolute Gasteiger partial charge is 0.270 e. The molecular formula is C21H17N5O4S3. The van der Waals surface area contributed by atoms with Crippen molar-refractivity contribution >= 4 is 61.4 Å². The molecule has 0 fully saturated rings. The number of anilines is 1. The zero-order chi connectivity index (χ0) is 23.1. The van der Waals surface area contributed by atoms with Crippen LogP contribution in [0.2, 0.25) is 0 Å². The second kappa shape index (κ2) is 8.69. The molecule has 1 aliphatic rings. The zero-order valence-corrected chi connectivity index (χ0v) is 19.8. The summed E-state index contributed by atoms with van der Waals surface area (Å²) in [7, 11) is 1.68. The van der Waals surface area contributed by atoms with E-state index in [2.05, 4.69) is 15.3 Å². The Hall–Kier alpha value is -3.09. The second-order valence-corrected chi connectivity index (χ2v) is 10.4. The van der Waals surface area contributed by atoms with Crippen molar-refractivity contribution < 1.29 is 9.72 Å². The highest BCUT2D eigenvalue weighted by Gasteiger charge is 2.22. The maximum absolute atomic E-state index is 12.9. The van der Waals surface area contributed by atoms with Crippen molar-refractivity contribution in [2.75, 3.05) is 11.1 Å². The number of thiazole rings is 1. The number of hydrogen-bond donors (Lipinski definition) is 1. The number of thioether (sulfide) groups is 1. The van der Waals surface area contributed by atoms with Gasteiger partial charge in [-0.15, -0.1) is 22.7 Å². The molecule has 168 valence electrons. The van der Waals surface area contributed by atoms with Gasteiger partial charge in [-0.3, -0.25) is 24.3 Å². The lowest BCUT2D eigenvalue weighted by Gasteiger charge is -2.07. The highest BCUT2D eigenvalue weighted by atomic mass is 32.2. The number of fused-ring (bicyclic) bond motifs is 3. The van der Waals surface area contributed by atoms with Gasteiger partial charge < -0.3 is 5.32 Å². The van der Waals surface area contributed by atoms with Crippen LogP contribution in [0.5, 0.6) is 0 Å². The number of nitro benzene ring substituents is 1. The van der Waals surface area contributed by atoms with Crippen LogP contribution in [0.3, 0.4) is 0 Å². The summed E-state index contributed by atoms with van der Waals surface area (Å²) in [5, 5.41) is 17.1. The third-order valence-corrected chi connectivity index (χ3v) is 8.31. The zero-order valence-electron chi connectivity index (χ0n) is 17.4. The van der Waals surface area contributed by atoms with E-state index in [4.69, 9.17) is 0 Å². The first-order chi connectivity index (χ1) is 15.9. The van der Waals surface area contributed by atoms with Gasteiger partial charge in [0, 0.05) is 35.0 Å². The highest BCUT2D eigenvalue weighted by Crippen LogP contribution is 2.35. The predicted molar refractivity (Wildman–Crippen MR) is 130 cm³/mol. The minimum absolute atomic E-state index is 0.0199. The molecule has 3 aromatic heterocycles. The van der Waals surface area contributed by atoms with Gasteiger partial charge in [0.05, 0.1) is 21.8 Å². The number of carbonyl (C=O) groups is 1. The topological polar surface area (TPSA) is 120 Å². The number of nitrogens with zero attached hydrogens (tertiary/aromatic N) is 4. The number of hydrogen-bond acceptors (Lipinski definition) is 9. The van der Waals surface area contributed by atoms with Gasteiger partial charge in [-0.2, -0.15) is 0 Å². The maximum atomic E-state index is 12.9. The van der Waals surface area contributed by atoms with Gasteiger partial charge in [-0.25, -0.2) is 9.97 Å². The summed E-state index contributed by atoms with van der Waals surface area (Å²) in [5.74, 6) is -0.203. The van der Waals surface area contributed by atoms with Gasteiger partial charge in [0.15, 0.2) is 10.3 Å². The van der Waals surface area contributed by atoms with E-state index in [1.165, 1.54) is 44.7 Å². The SMILES string of the molecule is Cn1c(SCC(=O)Nc2nc(-c3cccc([N+](=O)[O-])c3)cs2)nc2sc3c(c2c1=O)CCC3. The molecule has 0 unspecified atom stereocenters. The van der Waals surface area contributed by atoms with Crippen molar-refractivity contribution in [2.45, 2.75) is 24.4 Å². The number of rotatable bonds is 6. The molecule has 5 rings (SSSR count). The first-order valence-electron chi connectivity index (χ1n) is 10.0. The molecular weight excluding hydrogens is 482 g/mol. The van der Waals surface area contributed by atoms with Crippen molar-refractivity contribution in [3.05, 3.63) is 60.6 Å². The number of aromatic nitrogens is 3. The summed E-state index contributed by atoms with van der Waals surface area (Å²) in [4.78, 5) is 46.9. The normalized spacial score (nSPS) is 12.8. The summed E-state index contributed by atoms with van der Waals surface area (Å²) in [6.45, 7) is 0. The second-order valence-electron chi connectivity index (χ2n) is 7.48. The van der Waals surface area contributed by atoms with E-state index in [0.717, 1.165) is 35.0 Å². The van der Waals surface area contributed by atoms with E-state index in [-0.39, 0.29) is 22.9 Å². The Balaban J connectivity index is 1.28. The summed E-state index contributed by atoms with van der Waals surface area (Å²) in [6.07, 6.45) is 3.00. The van der Waals surface area contributed by atoms with E-state index in [0.29, 0.717) is 21.5 Å². The van der Waals surface area contributed by atoms with Crippen LogP contribution in [-0.2, 0) is 24.7 Å². The summed E-state index contributed by atoms with van der Waals surface area (Å²) < 4.78 is 1.51. The van der Waals surface area contributed by atoms with Crippen LogP contribution in [0.25, 0.3) is 21.5 Å². The largest absolute Gasteiger partial charge is 0.301 e. The van der Waals surface area contributed by atoms with Crippen LogP contribution in [0.4, 0.5) is 10.8 Å². The van der Waals surface area contributed by atoms with Crippen molar-refractivity contribution in [3.63, 3.8) is 0 Å². The van der Waals surface area contributed by atoms with Crippen LogP contribution in [0.1, 0.15) is 16.9 Å². The number of amides is 1. The summed E-state index contributed by atoms with van der Waals surface area (Å²) in [5.41, 5.74) is 2.20. The third kappa shape index (κ3) is 4.16. The molecule has 33 heavy (non-hydrogen) atoms. The van der Waals surface area contributed by atoms with E-state index < -0.39 is 4.92 Å². The molecule has 1 aliphatic carbocycles. The lowest BCUT2D eigenvalue weighted by Crippen LogP contribution is -2.21. The number of carbonyl (C=O) groups excluding carboxylic acids is 1. The molecule has 9 nitrogen and oxygen atoms in total. The summed E-state index contributed by atoms with van der Waals surface area (Å²) >= 11 is 4.01. The fourth-order valence-electron chi connectivity index (χ4n) is 3.76. The van der Waals surface area contributed by atoms with Crippen LogP contribution in [0.15, 0.2) is 39.6 Å². The van der Waals surface area contributed by atoms with Gasteiger partial charge in [0.25, 0.3) is 11.2 Å². The number of benzene rings is 1. The van der Waals surface area contributed by atoms with Crippen molar-refractivity contribution in [3.8, 4) is 11.3 Å². The van der Waals surface area contributed by atoms with E-state index in [1.54, 1.807) is 35.9 Å². The first-order valence-corrected chi connectivity index (χ1v) is 12.7. The molecule has 1 amide bonds. The van der Waals surface area contributed by atoms with Crippen molar-refractivity contribution in [2.24, 2.45) is 7.05 Å². The lowest BCUT2D eigenvalue weighted by molar-refractivity contribution is -0.384. The highest BCUT2D eigenvalue weighted by molar-refractivity contribution is 7.99. The Bertz CT molecular complexity index is 1470. The molecule has 1 N–H and O–H groups in total. The lowest BCUT2D eigenvalue weighted by atomic mass is 10.1. The average Bonchev–Trinajstić information content (AvgIpc) is 3.51. The molecule has 0 bridgehead atoms. The molecule has 3 heterocycles. The number of non-ortho nitro benzene ring substituents is 1. The van der Waals surface area contributed by atoms with Crippen LogP contribution < -0.4 is 10.9 Å². The Morgan fingerprint density at radius 1 is 1.33 bits per heavy atom. The van der Waals surface area contributed by atoms with Crippen LogP contribution in [0, 0.1) is 10.1 Å². The Labute approximate surface area is 199 Å². The minimum Gasteiger partial charge on any atom is -0.301 e. The van der Waals surface area contributed by atoms with Gasteiger partial charge in [0.1, 0.15) is 4.83 Å². The van der Waals surface area contributed by atoms with E-state index in [1.807, 2.05) is 0 Å². The monoisotopic (exact) mass is 499 g/mol.